The van der Waals surface area contributed by atoms with E-state index in [4.69, 9.17) is 4.74 Å². The average molecular weight is 294 g/mol. The van der Waals surface area contributed by atoms with Crippen molar-refractivity contribution in [3.63, 3.8) is 0 Å². The molecule has 2 atom stereocenters. The number of rotatable bonds is 4. The number of ether oxygens (including phenoxy) is 1. The van der Waals surface area contributed by atoms with E-state index in [0.717, 1.165) is 12.8 Å². The summed E-state index contributed by atoms with van der Waals surface area (Å²) < 4.78 is 5.05. The van der Waals surface area contributed by atoms with E-state index in [1.165, 1.54) is 25.3 Å². The summed E-state index contributed by atoms with van der Waals surface area (Å²) in [6, 6.07) is 3.84. The van der Waals surface area contributed by atoms with Crippen molar-refractivity contribution in [3.8, 4) is 5.75 Å². The highest BCUT2D eigenvalue weighted by Gasteiger charge is 2.30. The third kappa shape index (κ3) is 3.30. The van der Waals surface area contributed by atoms with Gasteiger partial charge >= 0.3 is 0 Å². The molecule has 2 N–H and O–H groups in total. The standard InChI is InChI=1S/C14H18N2O5/c1-21-12-8-4-6-10(16(19)20)13(12)14(18)15-9-5-2-3-7-11(9)17/h4,6,8-9,11,17H,2-3,5,7H2,1H3,(H,15,18)/t9-,11-/m1/s1. The van der Waals surface area contributed by atoms with Gasteiger partial charge in [-0.15, -0.1) is 0 Å². The van der Waals surface area contributed by atoms with Gasteiger partial charge in [0.25, 0.3) is 11.6 Å². The number of hydrogen-bond acceptors (Lipinski definition) is 5. The quantitative estimate of drug-likeness (QED) is 0.649. The van der Waals surface area contributed by atoms with Crippen LogP contribution in [0.5, 0.6) is 5.75 Å². The van der Waals surface area contributed by atoms with Crippen molar-refractivity contribution in [2.24, 2.45) is 0 Å². The molecule has 1 aromatic rings. The van der Waals surface area contributed by atoms with E-state index in [9.17, 15) is 20.0 Å². The molecule has 0 spiro atoms. The zero-order valence-corrected chi connectivity index (χ0v) is 11.7. The van der Waals surface area contributed by atoms with E-state index in [0.29, 0.717) is 12.8 Å². The first-order chi connectivity index (χ1) is 10.0. The second-order valence-electron chi connectivity index (χ2n) is 5.04. The van der Waals surface area contributed by atoms with E-state index in [2.05, 4.69) is 5.32 Å². The zero-order chi connectivity index (χ0) is 15.4. The van der Waals surface area contributed by atoms with Gasteiger partial charge in [0.15, 0.2) is 5.56 Å². The monoisotopic (exact) mass is 294 g/mol. The topological polar surface area (TPSA) is 102 Å². The van der Waals surface area contributed by atoms with Gasteiger partial charge in [0, 0.05) is 6.07 Å². The van der Waals surface area contributed by atoms with E-state index < -0.39 is 16.9 Å². The number of nitro benzene ring substituents is 1. The van der Waals surface area contributed by atoms with Gasteiger partial charge in [-0.25, -0.2) is 0 Å². The summed E-state index contributed by atoms with van der Waals surface area (Å²) in [5.74, 6) is -0.447. The molecule has 0 unspecified atom stereocenters. The molecule has 1 aliphatic carbocycles. The molecule has 1 amide bonds. The average Bonchev–Trinajstić information content (AvgIpc) is 2.48. The van der Waals surface area contributed by atoms with E-state index in [-0.39, 0.29) is 23.0 Å². The van der Waals surface area contributed by atoms with Crippen LogP contribution in [-0.4, -0.2) is 35.2 Å². The maximum Gasteiger partial charge on any atom is 0.285 e. The molecule has 1 saturated carbocycles. The predicted octanol–water partition coefficient (Wildman–Crippen LogP) is 1.64. The molecule has 0 radical (unpaired) electrons. The van der Waals surface area contributed by atoms with Gasteiger partial charge in [-0.3, -0.25) is 14.9 Å². The molecule has 0 saturated heterocycles. The van der Waals surface area contributed by atoms with Crippen molar-refractivity contribution in [1.29, 1.82) is 0 Å². The number of amides is 1. The Morgan fingerprint density at radius 3 is 2.76 bits per heavy atom. The molecule has 1 fully saturated rings. The maximum absolute atomic E-state index is 12.4. The van der Waals surface area contributed by atoms with Crippen molar-refractivity contribution in [2.75, 3.05) is 7.11 Å². The molecule has 1 aromatic carbocycles. The first kappa shape index (κ1) is 15.2. The Labute approximate surface area is 122 Å². The van der Waals surface area contributed by atoms with Crippen molar-refractivity contribution < 1.29 is 19.6 Å². The lowest BCUT2D eigenvalue weighted by Gasteiger charge is -2.28. The second kappa shape index (κ2) is 6.53. The number of aliphatic hydroxyl groups excluding tert-OH is 1. The summed E-state index contributed by atoms with van der Waals surface area (Å²) in [6.07, 6.45) is 2.50. The summed E-state index contributed by atoms with van der Waals surface area (Å²) in [5, 5.41) is 23.6. The predicted molar refractivity (Wildman–Crippen MR) is 75.4 cm³/mol. The summed E-state index contributed by atoms with van der Waals surface area (Å²) in [4.78, 5) is 22.8. The Bertz CT molecular complexity index is 546. The SMILES string of the molecule is COc1cccc([N+](=O)[O-])c1C(=O)N[C@@H]1CCCC[C@H]1O. The van der Waals surface area contributed by atoms with Crippen LogP contribution in [0.3, 0.4) is 0 Å². The number of nitrogens with one attached hydrogen (secondary N) is 1. The minimum Gasteiger partial charge on any atom is -0.496 e. The number of carbonyl (C=O) groups is 1. The Morgan fingerprint density at radius 2 is 2.14 bits per heavy atom. The summed E-state index contributed by atoms with van der Waals surface area (Å²) >= 11 is 0. The summed E-state index contributed by atoms with van der Waals surface area (Å²) in [6.45, 7) is 0. The fourth-order valence-electron chi connectivity index (χ4n) is 2.59. The molecule has 1 aliphatic rings. The first-order valence-electron chi connectivity index (χ1n) is 6.85. The Balaban J connectivity index is 2.27. The van der Waals surface area contributed by atoms with Crippen LogP contribution in [0, 0.1) is 10.1 Å². The van der Waals surface area contributed by atoms with Gasteiger partial charge in [-0.2, -0.15) is 0 Å². The number of benzene rings is 1. The molecule has 0 bridgehead atoms. The van der Waals surface area contributed by atoms with Crippen molar-refractivity contribution >= 4 is 11.6 Å². The third-order valence-electron chi connectivity index (χ3n) is 3.69. The molecular formula is C14H18N2O5. The van der Waals surface area contributed by atoms with Crippen molar-refractivity contribution in [2.45, 2.75) is 37.8 Å². The highest BCUT2D eigenvalue weighted by atomic mass is 16.6. The second-order valence-corrected chi connectivity index (χ2v) is 5.04. The molecule has 114 valence electrons. The minimum absolute atomic E-state index is 0.109. The largest absolute Gasteiger partial charge is 0.496 e. The van der Waals surface area contributed by atoms with Crippen LogP contribution in [0.1, 0.15) is 36.0 Å². The van der Waals surface area contributed by atoms with Crippen LogP contribution in [0.15, 0.2) is 18.2 Å². The van der Waals surface area contributed by atoms with Gasteiger partial charge in [0.2, 0.25) is 0 Å². The summed E-state index contributed by atoms with van der Waals surface area (Å²) in [5.41, 5.74) is -0.417. The van der Waals surface area contributed by atoms with E-state index >= 15 is 0 Å². The number of hydrogen-bond donors (Lipinski definition) is 2. The Hall–Kier alpha value is -2.15. The number of aliphatic hydroxyl groups is 1. The van der Waals surface area contributed by atoms with Crippen LogP contribution in [0.25, 0.3) is 0 Å². The van der Waals surface area contributed by atoms with Crippen molar-refractivity contribution in [3.05, 3.63) is 33.9 Å². The first-order valence-corrected chi connectivity index (χ1v) is 6.85. The Morgan fingerprint density at radius 1 is 1.43 bits per heavy atom. The highest BCUT2D eigenvalue weighted by Crippen LogP contribution is 2.28. The molecule has 21 heavy (non-hydrogen) atoms. The lowest BCUT2D eigenvalue weighted by atomic mass is 9.92. The molecule has 2 rings (SSSR count). The lowest BCUT2D eigenvalue weighted by molar-refractivity contribution is -0.385. The van der Waals surface area contributed by atoms with E-state index in [1.807, 2.05) is 0 Å². The van der Waals surface area contributed by atoms with Crippen molar-refractivity contribution in [1.82, 2.24) is 5.32 Å². The number of nitrogens with zero attached hydrogens (tertiary/aromatic N) is 1. The van der Waals surface area contributed by atoms with Gasteiger partial charge in [0.05, 0.1) is 24.2 Å². The third-order valence-corrected chi connectivity index (χ3v) is 3.69. The smallest absolute Gasteiger partial charge is 0.285 e. The minimum atomic E-state index is -0.616. The molecule has 7 nitrogen and oxygen atoms in total. The van der Waals surface area contributed by atoms with E-state index in [1.54, 1.807) is 0 Å². The van der Waals surface area contributed by atoms with Gasteiger partial charge in [-0.1, -0.05) is 18.9 Å². The highest BCUT2D eigenvalue weighted by molar-refractivity contribution is 6.01. The van der Waals surface area contributed by atoms with Crippen LogP contribution < -0.4 is 10.1 Å². The van der Waals surface area contributed by atoms with Gasteiger partial charge in [0.1, 0.15) is 5.75 Å². The number of carbonyl (C=O) groups excluding carboxylic acids is 1. The zero-order valence-electron chi connectivity index (χ0n) is 11.7. The van der Waals surface area contributed by atoms with Gasteiger partial charge in [-0.05, 0) is 18.9 Å². The molecule has 0 aromatic heterocycles. The summed E-state index contributed by atoms with van der Waals surface area (Å²) in [7, 11) is 1.35. The normalized spacial score (nSPS) is 21.6. The number of nitro groups is 1. The van der Waals surface area contributed by atoms with Crippen LogP contribution >= 0.6 is 0 Å². The maximum atomic E-state index is 12.4. The van der Waals surface area contributed by atoms with Crippen LogP contribution in [-0.2, 0) is 0 Å². The molecule has 0 heterocycles. The molecule has 7 heteroatoms. The van der Waals surface area contributed by atoms with Crippen LogP contribution in [0.2, 0.25) is 0 Å². The van der Waals surface area contributed by atoms with Crippen LogP contribution in [0.4, 0.5) is 5.69 Å². The fourth-order valence-corrected chi connectivity index (χ4v) is 2.59. The fraction of sp³-hybridized carbons (Fsp3) is 0.500. The lowest BCUT2D eigenvalue weighted by Crippen LogP contribution is -2.45. The Kier molecular flexibility index (Phi) is 4.74. The molecule has 0 aliphatic heterocycles. The van der Waals surface area contributed by atoms with Gasteiger partial charge < -0.3 is 15.2 Å². The molecular weight excluding hydrogens is 276 g/mol. The number of methoxy groups -OCH3 is 1.